The van der Waals surface area contributed by atoms with E-state index in [9.17, 15) is 14.4 Å². The molecule has 2 heterocycles. The zero-order chi connectivity index (χ0) is 21.3. The molecule has 30 heavy (non-hydrogen) atoms. The van der Waals surface area contributed by atoms with Crippen molar-refractivity contribution < 1.29 is 19.1 Å². The van der Waals surface area contributed by atoms with Crippen LogP contribution in [0.4, 0.5) is 5.69 Å². The monoisotopic (exact) mass is 404 g/mol. The Morgan fingerprint density at radius 2 is 1.90 bits per heavy atom. The number of carbonyl (C=O) groups is 3. The fraction of sp³-hybridized carbons (Fsp3) is 0.292. The first-order valence-electron chi connectivity index (χ1n) is 10.2. The summed E-state index contributed by atoms with van der Waals surface area (Å²) in [7, 11) is 0. The molecule has 1 aromatic heterocycles. The van der Waals surface area contributed by atoms with Crippen molar-refractivity contribution in [2.75, 3.05) is 11.4 Å². The number of Topliss-reactive ketones (excluding diaryl/α,β-unsaturated/α-hetero) is 1. The summed E-state index contributed by atoms with van der Waals surface area (Å²) in [6.45, 7) is 3.87. The number of anilines is 1. The number of para-hydroxylation sites is 2. The largest absolute Gasteiger partial charge is 0.454 e. The third kappa shape index (κ3) is 3.61. The van der Waals surface area contributed by atoms with Crippen LogP contribution in [0.3, 0.4) is 0 Å². The molecule has 0 aliphatic carbocycles. The third-order valence-corrected chi connectivity index (χ3v) is 5.64. The molecule has 3 aromatic rings. The first kappa shape index (κ1) is 19.9. The van der Waals surface area contributed by atoms with Crippen LogP contribution in [-0.4, -0.2) is 35.3 Å². The third-order valence-electron chi connectivity index (χ3n) is 5.64. The molecule has 154 valence electrons. The Balaban J connectivity index is 1.45. The van der Waals surface area contributed by atoms with Gasteiger partial charge in [0.15, 0.2) is 6.10 Å². The van der Waals surface area contributed by atoms with Gasteiger partial charge >= 0.3 is 5.97 Å². The van der Waals surface area contributed by atoms with Gasteiger partial charge in [0.05, 0.1) is 5.92 Å². The second kappa shape index (κ2) is 8.14. The molecular weight excluding hydrogens is 380 g/mol. The van der Waals surface area contributed by atoms with E-state index < -0.39 is 18.0 Å². The number of hydrogen-bond acceptors (Lipinski definition) is 4. The van der Waals surface area contributed by atoms with Crippen molar-refractivity contribution in [3.63, 3.8) is 0 Å². The van der Waals surface area contributed by atoms with Gasteiger partial charge in [-0.25, -0.2) is 0 Å². The molecule has 1 aliphatic heterocycles. The molecular formula is C24H24N2O4. The van der Waals surface area contributed by atoms with Crippen molar-refractivity contribution in [2.24, 2.45) is 5.92 Å². The number of aromatic nitrogens is 1. The van der Waals surface area contributed by atoms with E-state index in [2.05, 4.69) is 4.98 Å². The van der Waals surface area contributed by atoms with Crippen LogP contribution in [0.1, 0.15) is 36.2 Å². The lowest BCUT2D eigenvalue weighted by molar-refractivity contribution is -0.151. The first-order chi connectivity index (χ1) is 14.5. The fourth-order valence-electron chi connectivity index (χ4n) is 3.99. The number of nitrogens with zero attached hydrogens (tertiary/aromatic N) is 1. The van der Waals surface area contributed by atoms with Gasteiger partial charge in [0.2, 0.25) is 11.7 Å². The SMILES string of the molecule is CCc1ccccc1N1C[C@H](C(=O)O[C@@H](C)C(=O)c2c[nH]c3ccccc23)CC1=O. The highest BCUT2D eigenvalue weighted by molar-refractivity contribution is 6.10. The van der Waals surface area contributed by atoms with E-state index in [-0.39, 0.29) is 24.7 Å². The molecule has 1 fully saturated rings. The van der Waals surface area contributed by atoms with E-state index in [1.165, 1.54) is 0 Å². The number of ether oxygens (including phenoxy) is 1. The maximum absolute atomic E-state index is 12.8. The molecule has 0 unspecified atom stereocenters. The molecule has 0 bridgehead atoms. The van der Waals surface area contributed by atoms with E-state index in [4.69, 9.17) is 4.74 Å². The van der Waals surface area contributed by atoms with Gasteiger partial charge < -0.3 is 14.6 Å². The van der Waals surface area contributed by atoms with Crippen LogP contribution in [-0.2, 0) is 20.7 Å². The maximum atomic E-state index is 12.8. The summed E-state index contributed by atoms with van der Waals surface area (Å²) >= 11 is 0. The number of aromatic amines is 1. The maximum Gasteiger partial charge on any atom is 0.312 e. The number of esters is 1. The molecule has 0 saturated carbocycles. The van der Waals surface area contributed by atoms with Crippen molar-refractivity contribution in [3.05, 3.63) is 65.9 Å². The van der Waals surface area contributed by atoms with Gasteiger partial charge in [0.1, 0.15) is 0 Å². The molecule has 6 heteroatoms. The topological polar surface area (TPSA) is 79.5 Å². The van der Waals surface area contributed by atoms with Gasteiger partial charge in [-0.15, -0.1) is 0 Å². The number of hydrogen-bond donors (Lipinski definition) is 1. The van der Waals surface area contributed by atoms with E-state index in [1.807, 2.05) is 55.5 Å². The van der Waals surface area contributed by atoms with Crippen LogP contribution in [0.15, 0.2) is 54.7 Å². The summed E-state index contributed by atoms with van der Waals surface area (Å²) in [6, 6.07) is 15.2. The molecule has 1 aliphatic rings. The molecule has 0 spiro atoms. The Morgan fingerprint density at radius 1 is 1.17 bits per heavy atom. The summed E-state index contributed by atoms with van der Waals surface area (Å²) in [5, 5.41) is 0.795. The summed E-state index contributed by atoms with van der Waals surface area (Å²) in [4.78, 5) is 42.8. The van der Waals surface area contributed by atoms with Gasteiger partial charge in [-0.05, 0) is 31.0 Å². The predicted octanol–water partition coefficient (Wildman–Crippen LogP) is 3.90. The number of ketones is 1. The number of carbonyl (C=O) groups excluding carboxylic acids is 3. The fourth-order valence-corrected chi connectivity index (χ4v) is 3.99. The van der Waals surface area contributed by atoms with Crippen LogP contribution >= 0.6 is 0 Å². The Kier molecular flexibility index (Phi) is 5.40. The minimum absolute atomic E-state index is 0.0882. The molecule has 1 saturated heterocycles. The molecule has 2 aromatic carbocycles. The standard InChI is InChI=1S/C24H24N2O4/c1-3-16-8-4-7-11-21(16)26-14-17(12-22(26)27)24(29)30-15(2)23(28)19-13-25-20-10-6-5-9-18(19)20/h4-11,13,15,17,25H,3,12,14H2,1-2H3/t15-,17+/m0/s1. The molecule has 4 rings (SSSR count). The zero-order valence-corrected chi connectivity index (χ0v) is 17.1. The van der Waals surface area contributed by atoms with Gasteiger partial charge in [-0.3, -0.25) is 14.4 Å². The van der Waals surface area contributed by atoms with Crippen molar-refractivity contribution in [2.45, 2.75) is 32.8 Å². The van der Waals surface area contributed by atoms with Gasteiger partial charge in [0, 0.05) is 41.3 Å². The Labute approximate surface area is 174 Å². The Hall–Kier alpha value is -3.41. The lowest BCUT2D eigenvalue weighted by Gasteiger charge is -2.20. The molecule has 2 atom stereocenters. The number of benzene rings is 2. The predicted molar refractivity (Wildman–Crippen MR) is 114 cm³/mol. The summed E-state index contributed by atoms with van der Waals surface area (Å²) in [6.07, 6.45) is 1.60. The van der Waals surface area contributed by atoms with Crippen LogP contribution in [0.5, 0.6) is 0 Å². The number of aryl methyl sites for hydroxylation is 1. The van der Waals surface area contributed by atoms with Crippen molar-refractivity contribution in [1.82, 2.24) is 4.98 Å². The molecule has 1 N–H and O–H groups in total. The second-order valence-corrected chi connectivity index (χ2v) is 7.58. The average Bonchev–Trinajstić information content (AvgIpc) is 3.36. The molecule has 0 radical (unpaired) electrons. The normalized spacial score (nSPS) is 17.3. The van der Waals surface area contributed by atoms with Crippen LogP contribution in [0.2, 0.25) is 0 Å². The minimum atomic E-state index is -0.927. The van der Waals surface area contributed by atoms with E-state index >= 15 is 0 Å². The summed E-state index contributed by atoms with van der Waals surface area (Å²) in [5.74, 6) is -1.46. The number of nitrogens with one attached hydrogen (secondary N) is 1. The van der Waals surface area contributed by atoms with Crippen LogP contribution < -0.4 is 4.90 Å². The number of rotatable bonds is 6. The highest BCUT2D eigenvalue weighted by atomic mass is 16.5. The molecule has 6 nitrogen and oxygen atoms in total. The highest BCUT2D eigenvalue weighted by Gasteiger charge is 2.38. The number of amides is 1. The summed E-state index contributed by atoms with van der Waals surface area (Å²) in [5.41, 5.74) is 3.24. The Morgan fingerprint density at radius 3 is 2.70 bits per heavy atom. The quantitative estimate of drug-likeness (QED) is 0.499. The highest BCUT2D eigenvalue weighted by Crippen LogP contribution is 2.29. The van der Waals surface area contributed by atoms with Gasteiger partial charge in [-0.1, -0.05) is 43.3 Å². The lowest BCUT2D eigenvalue weighted by Crippen LogP contribution is -2.30. The second-order valence-electron chi connectivity index (χ2n) is 7.58. The minimum Gasteiger partial charge on any atom is -0.454 e. The summed E-state index contributed by atoms with van der Waals surface area (Å²) < 4.78 is 5.48. The van der Waals surface area contributed by atoms with Crippen molar-refractivity contribution >= 4 is 34.3 Å². The Bertz CT molecular complexity index is 1120. The van der Waals surface area contributed by atoms with E-state index in [1.54, 1.807) is 18.0 Å². The molecule has 1 amide bonds. The van der Waals surface area contributed by atoms with E-state index in [0.29, 0.717) is 5.56 Å². The van der Waals surface area contributed by atoms with Crippen molar-refractivity contribution in [3.8, 4) is 0 Å². The van der Waals surface area contributed by atoms with Crippen LogP contribution in [0.25, 0.3) is 10.9 Å². The number of fused-ring (bicyclic) bond motifs is 1. The van der Waals surface area contributed by atoms with Gasteiger partial charge in [-0.2, -0.15) is 0 Å². The zero-order valence-electron chi connectivity index (χ0n) is 17.1. The van der Waals surface area contributed by atoms with Crippen LogP contribution in [0, 0.1) is 5.92 Å². The first-order valence-corrected chi connectivity index (χ1v) is 10.2. The average molecular weight is 404 g/mol. The van der Waals surface area contributed by atoms with Gasteiger partial charge in [0.25, 0.3) is 0 Å². The lowest BCUT2D eigenvalue weighted by atomic mass is 10.1. The number of H-pyrrole nitrogens is 1. The van der Waals surface area contributed by atoms with Crippen molar-refractivity contribution in [1.29, 1.82) is 0 Å². The smallest absolute Gasteiger partial charge is 0.312 e. The van der Waals surface area contributed by atoms with E-state index in [0.717, 1.165) is 28.6 Å².